The average molecular weight is 712 g/mol. The monoisotopic (exact) mass is 711 g/mol. The lowest BCUT2D eigenvalue weighted by Gasteiger charge is -2.29. The molecule has 4 amide bonds. The minimum absolute atomic E-state index is 0.0123. The lowest BCUT2D eigenvalue weighted by molar-refractivity contribution is -0.140. The Labute approximate surface area is 296 Å². The molecule has 0 saturated carbocycles. The van der Waals surface area contributed by atoms with E-state index in [0.29, 0.717) is 10.3 Å². The number of halogens is 1. The molecule has 276 valence electrons. The molecule has 0 atom stereocenters. The number of esters is 1. The highest BCUT2D eigenvalue weighted by Crippen LogP contribution is 2.39. The second-order valence-corrected chi connectivity index (χ2v) is 14.6. The molecule has 0 spiro atoms. The van der Waals surface area contributed by atoms with Crippen LogP contribution in [0.4, 0.5) is 36.0 Å². The molecule has 0 bridgehead atoms. The summed E-state index contributed by atoms with van der Waals surface area (Å²) in [4.78, 5) is 73.0. The summed E-state index contributed by atoms with van der Waals surface area (Å²) in [6.45, 7) is 16.3. The molecule has 2 heterocycles. The predicted molar refractivity (Wildman–Crippen MR) is 189 cm³/mol. The molecule has 2 N–H and O–H groups in total. The number of imide groups is 1. The number of hydrogen-bond acceptors (Lipinski definition) is 11. The van der Waals surface area contributed by atoms with Crippen LogP contribution in [0, 0.1) is 12.7 Å². The summed E-state index contributed by atoms with van der Waals surface area (Å²) in [6.07, 6.45) is 1.18. The fourth-order valence-corrected chi connectivity index (χ4v) is 4.66. The van der Waals surface area contributed by atoms with Crippen molar-refractivity contribution in [2.75, 3.05) is 22.6 Å². The van der Waals surface area contributed by atoms with Gasteiger partial charge < -0.3 is 24.3 Å². The highest BCUT2D eigenvalue weighted by atomic mass is 19.1. The van der Waals surface area contributed by atoms with Crippen molar-refractivity contribution >= 4 is 58.1 Å². The summed E-state index contributed by atoms with van der Waals surface area (Å²) < 4.78 is 37.7. The van der Waals surface area contributed by atoms with Gasteiger partial charge in [-0.25, -0.2) is 23.8 Å². The Morgan fingerprint density at radius 2 is 1.37 bits per heavy atom. The Kier molecular flexibility index (Phi) is 12.3. The van der Waals surface area contributed by atoms with Crippen molar-refractivity contribution in [1.82, 2.24) is 9.97 Å². The molecule has 0 aliphatic rings. The number of rotatable bonds is 8. The van der Waals surface area contributed by atoms with Crippen molar-refractivity contribution in [1.29, 1.82) is 0 Å². The Balaban J connectivity index is 2.21. The van der Waals surface area contributed by atoms with E-state index in [9.17, 15) is 24.0 Å². The molecule has 2 aromatic heterocycles. The van der Waals surface area contributed by atoms with E-state index in [-0.39, 0.29) is 58.5 Å². The summed E-state index contributed by atoms with van der Waals surface area (Å²) in [5, 5.41) is 5.66. The number of amides is 4. The van der Waals surface area contributed by atoms with Crippen LogP contribution in [-0.2, 0) is 28.5 Å². The van der Waals surface area contributed by atoms with Crippen LogP contribution in [-0.4, -0.2) is 64.0 Å². The van der Waals surface area contributed by atoms with E-state index in [1.807, 2.05) is 0 Å². The number of hydrogen-bond donors (Lipinski definition) is 2. The topological polar surface area (TPSA) is 175 Å². The van der Waals surface area contributed by atoms with Crippen molar-refractivity contribution < 1.29 is 47.3 Å². The molecular formula is C36H46FN5O9. The molecule has 0 saturated heterocycles. The van der Waals surface area contributed by atoms with Gasteiger partial charge in [0.15, 0.2) is 5.82 Å². The fourth-order valence-electron chi connectivity index (χ4n) is 4.66. The molecule has 15 heteroatoms. The van der Waals surface area contributed by atoms with Crippen molar-refractivity contribution in [3.05, 3.63) is 42.1 Å². The third-order valence-electron chi connectivity index (χ3n) is 6.74. The van der Waals surface area contributed by atoms with Gasteiger partial charge in [0.25, 0.3) is 0 Å². The van der Waals surface area contributed by atoms with Crippen LogP contribution >= 0.6 is 0 Å². The van der Waals surface area contributed by atoms with Gasteiger partial charge in [-0.1, -0.05) is 0 Å². The van der Waals surface area contributed by atoms with Gasteiger partial charge in [0.1, 0.15) is 22.6 Å². The number of aromatic nitrogens is 2. The number of methoxy groups -OCH3 is 1. The first-order chi connectivity index (χ1) is 23.5. The summed E-state index contributed by atoms with van der Waals surface area (Å²) in [7, 11) is 1.26. The molecule has 0 unspecified atom stereocenters. The zero-order chi connectivity index (χ0) is 38.5. The van der Waals surface area contributed by atoms with Crippen LogP contribution in [0.5, 0.6) is 0 Å². The van der Waals surface area contributed by atoms with Gasteiger partial charge >= 0.3 is 24.2 Å². The van der Waals surface area contributed by atoms with Gasteiger partial charge in [-0.2, -0.15) is 4.90 Å². The van der Waals surface area contributed by atoms with Crippen molar-refractivity contribution in [2.45, 2.75) is 105 Å². The Morgan fingerprint density at radius 1 is 0.784 bits per heavy atom. The molecule has 3 aromatic rings. The number of benzene rings is 1. The first-order valence-corrected chi connectivity index (χ1v) is 16.2. The SMILES string of the molecule is COC(=O)CCCC(=O)Nc1cc2cc(-c3cncc(N(C(=O)OC(C)(C)C)C(=O)OC(C)(C)C)c3C)c(F)c(NC(=O)OC(C)(C)C)c2cn1. The average Bonchev–Trinajstić information content (AvgIpc) is 2.96. The van der Waals surface area contributed by atoms with Crippen LogP contribution in [0.25, 0.3) is 21.9 Å². The van der Waals surface area contributed by atoms with Gasteiger partial charge in [-0.15, -0.1) is 0 Å². The molecule has 51 heavy (non-hydrogen) atoms. The number of nitrogens with one attached hydrogen (secondary N) is 2. The van der Waals surface area contributed by atoms with E-state index < -0.39 is 52.8 Å². The van der Waals surface area contributed by atoms with Crippen molar-refractivity contribution in [3.63, 3.8) is 0 Å². The Bertz CT molecular complexity index is 1800. The van der Waals surface area contributed by atoms with Crippen LogP contribution in [0.1, 0.15) is 87.1 Å². The van der Waals surface area contributed by atoms with Crippen LogP contribution in [0.15, 0.2) is 30.7 Å². The van der Waals surface area contributed by atoms with E-state index in [0.717, 1.165) is 0 Å². The van der Waals surface area contributed by atoms with Gasteiger partial charge in [-0.3, -0.25) is 19.9 Å². The smallest absolute Gasteiger partial charge is 0.424 e. The van der Waals surface area contributed by atoms with E-state index in [4.69, 9.17) is 14.2 Å². The number of carbonyl (C=O) groups excluding carboxylic acids is 5. The molecule has 0 aliphatic carbocycles. The van der Waals surface area contributed by atoms with Crippen LogP contribution in [0.3, 0.4) is 0 Å². The Morgan fingerprint density at radius 3 is 1.92 bits per heavy atom. The van der Waals surface area contributed by atoms with E-state index in [2.05, 4.69) is 25.3 Å². The second-order valence-electron chi connectivity index (χ2n) is 14.6. The number of ether oxygens (including phenoxy) is 4. The van der Waals surface area contributed by atoms with Crippen LogP contribution in [0.2, 0.25) is 0 Å². The molecule has 0 radical (unpaired) electrons. The summed E-state index contributed by atoms with van der Waals surface area (Å²) in [5.74, 6) is -1.63. The maximum Gasteiger partial charge on any atom is 0.424 e. The molecule has 3 rings (SSSR count). The van der Waals surface area contributed by atoms with Gasteiger partial charge in [0, 0.05) is 41.7 Å². The summed E-state index contributed by atoms with van der Waals surface area (Å²) in [6, 6.07) is 2.94. The predicted octanol–water partition coefficient (Wildman–Crippen LogP) is 8.05. The quantitative estimate of drug-likeness (QED) is 0.171. The Hall–Kier alpha value is -5.34. The standard InChI is InChI=1S/C36H46FN5O9/c1-20-23(17-38-19-25(20)42(32(46)50-35(5,6)7)33(47)51-36(8,9)10)22-15-21-16-26(40-27(43)13-12-14-28(44)48-11)39-18-24(21)30(29(22)37)41-31(45)49-34(2,3)4/h15-19H,12-14H2,1-11H3,(H,41,45)(H,39,40,43). The van der Waals surface area contributed by atoms with Crippen LogP contribution < -0.4 is 15.5 Å². The number of nitrogens with zero attached hydrogens (tertiary/aromatic N) is 3. The summed E-state index contributed by atoms with van der Waals surface area (Å²) >= 11 is 0. The van der Waals surface area contributed by atoms with Gasteiger partial charge in [-0.05, 0) is 98.7 Å². The van der Waals surface area contributed by atoms with Gasteiger partial charge in [0.05, 0.1) is 24.7 Å². The number of fused-ring (bicyclic) bond motifs is 1. The highest BCUT2D eigenvalue weighted by molar-refractivity contribution is 6.11. The fraction of sp³-hybridized carbons (Fsp3) is 0.472. The first kappa shape index (κ1) is 40.1. The third kappa shape index (κ3) is 11.3. The molecule has 0 fully saturated rings. The molecule has 1 aromatic carbocycles. The van der Waals surface area contributed by atoms with E-state index >= 15 is 4.39 Å². The molecule has 14 nitrogen and oxygen atoms in total. The summed E-state index contributed by atoms with van der Waals surface area (Å²) in [5.41, 5.74) is -2.85. The maximum absolute atomic E-state index is 16.7. The third-order valence-corrected chi connectivity index (χ3v) is 6.74. The second kappa shape index (κ2) is 15.7. The number of pyridine rings is 2. The number of carbonyl (C=O) groups is 5. The number of anilines is 3. The largest absolute Gasteiger partial charge is 0.469 e. The first-order valence-electron chi connectivity index (χ1n) is 16.2. The normalized spacial score (nSPS) is 11.8. The van der Waals surface area contributed by atoms with Gasteiger partial charge in [0.2, 0.25) is 5.91 Å². The lowest BCUT2D eigenvalue weighted by Crippen LogP contribution is -2.44. The van der Waals surface area contributed by atoms with E-state index in [1.54, 1.807) is 69.2 Å². The highest BCUT2D eigenvalue weighted by Gasteiger charge is 2.35. The minimum atomic E-state index is -1.04. The van der Waals surface area contributed by atoms with E-state index in [1.165, 1.54) is 37.8 Å². The maximum atomic E-state index is 16.7. The zero-order valence-corrected chi connectivity index (χ0v) is 30.9. The van der Waals surface area contributed by atoms with Crippen molar-refractivity contribution in [2.24, 2.45) is 0 Å². The molecule has 0 aliphatic heterocycles. The lowest BCUT2D eigenvalue weighted by atomic mass is 9.97. The zero-order valence-electron chi connectivity index (χ0n) is 30.9. The molecular weight excluding hydrogens is 665 g/mol. The minimum Gasteiger partial charge on any atom is -0.469 e. The van der Waals surface area contributed by atoms with Crippen molar-refractivity contribution in [3.8, 4) is 11.1 Å².